The maximum Gasteiger partial charge on any atom is 0.162 e. The molecule has 0 saturated heterocycles. The maximum absolute atomic E-state index is 11.4. The Labute approximate surface area is 84.5 Å². The van der Waals surface area contributed by atoms with Crippen LogP contribution >= 0.6 is 0 Å². The van der Waals surface area contributed by atoms with E-state index in [9.17, 15) is 4.79 Å². The van der Waals surface area contributed by atoms with Crippen molar-refractivity contribution in [1.29, 1.82) is 0 Å². The Hall–Kier alpha value is -1.38. The molecule has 0 fully saturated rings. The second-order valence-corrected chi connectivity index (χ2v) is 3.08. The summed E-state index contributed by atoms with van der Waals surface area (Å²) in [6.07, 6.45) is 8.43. The van der Waals surface area contributed by atoms with E-state index < -0.39 is 0 Å². The lowest BCUT2D eigenvalue weighted by atomic mass is 10.2. The first-order valence-corrected chi connectivity index (χ1v) is 4.97. The predicted molar refractivity (Wildman–Crippen MR) is 56.0 cm³/mol. The smallest absolute Gasteiger partial charge is 0.162 e. The van der Waals surface area contributed by atoms with Crippen molar-refractivity contribution in [2.75, 3.05) is 0 Å². The summed E-state index contributed by atoms with van der Waals surface area (Å²) in [7, 11) is 0. The normalized spacial score (nSPS) is 11.0. The number of aromatic nitrogens is 2. The van der Waals surface area contributed by atoms with Crippen LogP contribution in [0.25, 0.3) is 0 Å². The van der Waals surface area contributed by atoms with Crippen molar-refractivity contribution in [2.45, 2.75) is 33.2 Å². The molecule has 76 valence electrons. The molecule has 0 aromatic carbocycles. The highest BCUT2D eigenvalue weighted by Crippen LogP contribution is 2.00. The quantitative estimate of drug-likeness (QED) is 0.669. The van der Waals surface area contributed by atoms with E-state index in [-0.39, 0.29) is 5.78 Å². The van der Waals surface area contributed by atoms with E-state index >= 15 is 0 Å². The molecule has 3 nitrogen and oxygen atoms in total. The van der Waals surface area contributed by atoms with E-state index in [2.05, 4.69) is 4.98 Å². The zero-order chi connectivity index (χ0) is 10.4. The number of hydrogen-bond donors (Lipinski definition) is 0. The Kier molecular flexibility index (Phi) is 4.11. The van der Waals surface area contributed by atoms with Crippen molar-refractivity contribution in [3.63, 3.8) is 0 Å². The van der Waals surface area contributed by atoms with E-state index in [1.165, 1.54) is 0 Å². The lowest BCUT2D eigenvalue weighted by Crippen LogP contribution is -2.06. The standard InChI is InChI=1S/C11H16N2O/c1-3-5-6-10(14)9-11-12-7-8-13(11)4-2/h5-8H,3-4,9H2,1-2H3/b6-5+. The SMILES string of the molecule is CC/C=C/C(=O)Cc1nccn1CC. The van der Waals surface area contributed by atoms with Gasteiger partial charge in [0.2, 0.25) is 0 Å². The van der Waals surface area contributed by atoms with Crippen LogP contribution in [-0.4, -0.2) is 15.3 Å². The van der Waals surface area contributed by atoms with Crippen LogP contribution in [0.2, 0.25) is 0 Å². The molecule has 0 radical (unpaired) electrons. The Balaban J connectivity index is 2.60. The summed E-state index contributed by atoms with van der Waals surface area (Å²) in [5.74, 6) is 0.964. The number of carbonyl (C=O) groups excluding carboxylic acids is 1. The molecule has 1 rings (SSSR count). The largest absolute Gasteiger partial charge is 0.335 e. The monoisotopic (exact) mass is 192 g/mol. The Morgan fingerprint density at radius 1 is 1.57 bits per heavy atom. The number of allylic oxidation sites excluding steroid dienone is 2. The van der Waals surface area contributed by atoms with Gasteiger partial charge >= 0.3 is 0 Å². The van der Waals surface area contributed by atoms with Gasteiger partial charge in [0, 0.05) is 18.9 Å². The van der Waals surface area contributed by atoms with Crippen LogP contribution in [0.5, 0.6) is 0 Å². The highest BCUT2D eigenvalue weighted by molar-refractivity contribution is 5.90. The van der Waals surface area contributed by atoms with Gasteiger partial charge in [0.1, 0.15) is 5.82 Å². The van der Waals surface area contributed by atoms with Gasteiger partial charge in [-0.15, -0.1) is 0 Å². The third kappa shape index (κ3) is 2.83. The number of hydrogen-bond acceptors (Lipinski definition) is 2. The van der Waals surface area contributed by atoms with Gasteiger partial charge in [0.15, 0.2) is 5.78 Å². The number of imidazole rings is 1. The second-order valence-electron chi connectivity index (χ2n) is 3.08. The molecule has 0 spiro atoms. The van der Waals surface area contributed by atoms with Crippen LogP contribution in [0.4, 0.5) is 0 Å². The molecule has 0 saturated carbocycles. The highest BCUT2D eigenvalue weighted by Gasteiger charge is 2.04. The van der Waals surface area contributed by atoms with E-state index in [0.29, 0.717) is 6.42 Å². The van der Waals surface area contributed by atoms with Crippen molar-refractivity contribution in [3.05, 3.63) is 30.4 Å². The molecule has 14 heavy (non-hydrogen) atoms. The summed E-state index contributed by atoms with van der Waals surface area (Å²) >= 11 is 0. The Morgan fingerprint density at radius 2 is 2.36 bits per heavy atom. The van der Waals surface area contributed by atoms with Crippen molar-refractivity contribution in [1.82, 2.24) is 9.55 Å². The maximum atomic E-state index is 11.4. The minimum Gasteiger partial charge on any atom is -0.335 e. The fraction of sp³-hybridized carbons (Fsp3) is 0.455. The Bertz CT molecular complexity index is 326. The Morgan fingerprint density at radius 3 is 3.00 bits per heavy atom. The molecule has 0 amide bonds. The second kappa shape index (κ2) is 5.37. The molecule has 0 bridgehead atoms. The number of ketones is 1. The van der Waals surface area contributed by atoms with E-state index in [1.54, 1.807) is 12.3 Å². The minimum atomic E-state index is 0.118. The summed E-state index contributed by atoms with van der Waals surface area (Å²) < 4.78 is 1.98. The lowest BCUT2D eigenvalue weighted by Gasteiger charge is -2.01. The predicted octanol–water partition coefficient (Wildman–Crippen LogP) is 1.98. The average molecular weight is 192 g/mol. The van der Waals surface area contributed by atoms with E-state index in [1.807, 2.05) is 30.7 Å². The van der Waals surface area contributed by atoms with Crippen LogP contribution < -0.4 is 0 Å². The van der Waals surface area contributed by atoms with E-state index in [4.69, 9.17) is 0 Å². The fourth-order valence-corrected chi connectivity index (χ4v) is 1.26. The van der Waals surface area contributed by atoms with Gasteiger partial charge in [0.25, 0.3) is 0 Å². The molecule has 3 heteroatoms. The first-order chi connectivity index (χ1) is 6.77. The summed E-state index contributed by atoms with van der Waals surface area (Å²) in [6, 6.07) is 0. The molecule has 0 N–H and O–H groups in total. The zero-order valence-electron chi connectivity index (χ0n) is 8.73. The molecule has 0 aliphatic heterocycles. The first-order valence-electron chi connectivity index (χ1n) is 4.97. The van der Waals surface area contributed by atoms with Crippen LogP contribution in [0.3, 0.4) is 0 Å². The number of carbonyl (C=O) groups is 1. The molecule has 0 aliphatic rings. The van der Waals surface area contributed by atoms with Crippen LogP contribution in [-0.2, 0) is 17.8 Å². The van der Waals surface area contributed by atoms with Gasteiger partial charge in [-0.1, -0.05) is 13.0 Å². The van der Waals surface area contributed by atoms with Crippen LogP contribution in [0.1, 0.15) is 26.1 Å². The summed E-state index contributed by atoms with van der Waals surface area (Å²) in [5.41, 5.74) is 0. The van der Waals surface area contributed by atoms with Crippen molar-refractivity contribution < 1.29 is 4.79 Å². The molecule has 1 aromatic heterocycles. The number of rotatable bonds is 5. The average Bonchev–Trinajstić information content (AvgIpc) is 2.62. The van der Waals surface area contributed by atoms with Gasteiger partial charge in [-0.05, 0) is 19.4 Å². The summed E-state index contributed by atoms with van der Waals surface area (Å²) in [6.45, 7) is 4.91. The van der Waals surface area contributed by atoms with E-state index in [0.717, 1.165) is 18.8 Å². The van der Waals surface area contributed by atoms with Crippen molar-refractivity contribution in [3.8, 4) is 0 Å². The highest BCUT2D eigenvalue weighted by atomic mass is 16.1. The lowest BCUT2D eigenvalue weighted by molar-refractivity contribution is -0.114. The molecule has 0 aliphatic carbocycles. The number of aryl methyl sites for hydroxylation is 1. The van der Waals surface area contributed by atoms with Crippen molar-refractivity contribution in [2.24, 2.45) is 0 Å². The zero-order valence-corrected chi connectivity index (χ0v) is 8.73. The topological polar surface area (TPSA) is 34.9 Å². The van der Waals surface area contributed by atoms with Crippen LogP contribution in [0.15, 0.2) is 24.5 Å². The number of nitrogens with zero attached hydrogens (tertiary/aromatic N) is 2. The van der Waals surface area contributed by atoms with Crippen molar-refractivity contribution >= 4 is 5.78 Å². The van der Waals surface area contributed by atoms with Gasteiger partial charge in [-0.3, -0.25) is 4.79 Å². The summed E-state index contributed by atoms with van der Waals surface area (Å²) in [4.78, 5) is 15.5. The van der Waals surface area contributed by atoms with Gasteiger partial charge < -0.3 is 4.57 Å². The molecular formula is C11H16N2O. The molecule has 0 unspecified atom stereocenters. The van der Waals surface area contributed by atoms with Gasteiger partial charge in [0.05, 0.1) is 6.42 Å². The molecule has 0 atom stereocenters. The van der Waals surface area contributed by atoms with Crippen LogP contribution in [0, 0.1) is 0 Å². The third-order valence-corrected chi connectivity index (χ3v) is 2.01. The minimum absolute atomic E-state index is 0.118. The molecule has 1 heterocycles. The van der Waals surface area contributed by atoms with Gasteiger partial charge in [-0.2, -0.15) is 0 Å². The van der Waals surface area contributed by atoms with Gasteiger partial charge in [-0.25, -0.2) is 4.98 Å². The summed E-state index contributed by atoms with van der Waals surface area (Å²) in [5, 5.41) is 0. The fourth-order valence-electron chi connectivity index (χ4n) is 1.26. The third-order valence-electron chi connectivity index (χ3n) is 2.01. The molecular weight excluding hydrogens is 176 g/mol. The molecule has 1 aromatic rings. The first kappa shape index (κ1) is 10.7.